The van der Waals surface area contributed by atoms with E-state index in [-0.39, 0.29) is 23.8 Å². The highest BCUT2D eigenvalue weighted by atomic mass is 32.1. The van der Waals surface area contributed by atoms with Crippen molar-refractivity contribution in [3.05, 3.63) is 21.9 Å². The van der Waals surface area contributed by atoms with Gasteiger partial charge in [0.1, 0.15) is 0 Å². The molecule has 1 aromatic rings. The fraction of sp³-hybridized carbons (Fsp3) is 0.600. The first-order valence-electron chi connectivity index (χ1n) is 7.43. The zero-order chi connectivity index (χ0) is 15.0. The Bertz CT molecular complexity index is 557. The number of hydrogen-bond donors (Lipinski definition) is 1. The molecule has 6 heteroatoms. The molecule has 0 radical (unpaired) electrons. The van der Waals surface area contributed by atoms with Gasteiger partial charge in [-0.25, -0.2) is 0 Å². The van der Waals surface area contributed by atoms with Gasteiger partial charge in [0.05, 0.1) is 12.0 Å². The lowest BCUT2D eigenvalue weighted by molar-refractivity contribution is -0.137. The molecule has 0 unspecified atom stereocenters. The third-order valence-electron chi connectivity index (χ3n) is 4.65. The van der Waals surface area contributed by atoms with Crippen LogP contribution in [0.4, 0.5) is 0 Å². The van der Waals surface area contributed by atoms with Gasteiger partial charge in [0.15, 0.2) is 0 Å². The van der Waals surface area contributed by atoms with Gasteiger partial charge in [0, 0.05) is 24.5 Å². The molecule has 2 aliphatic rings. The van der Waals surface area contributed by atoms with E-state index in [0.717, 1.165) is 32.5 Å². The van der Waals surface area contributed by atoms with Crippen LogP contribution in [0.3, 0.4) is 0 Å². The molecule has 0 aromatic carbocycles. The van der Waals surface area contributed by atoms with Gasteiger partial charge in [-0.1, -0.05) is 0 Å². The first kappa shape index (κ1) is 14.5. The number of thiophene rings is 1. The zero-order valence-electron chi connectivity index (χ0n) is 12.2. The summed E-state index contributed by atoms with van der Waals surface area (Å²) >= 11 is 1.78. The van der Waals surface area contributed by atoms with E-state index in [1.165, 1.54) is 10.4 Å². The van der Waals surface area contributed by atoms with E-state index in [9.17, 15) is 9.59 Å². The Balaban J connectivity index is 1.62. The van der Waals surface area contributed by atoms with Crippen LogP contribution >= 0.6 is 11.3 Å². The summed E-state index contributed by atoms with van der Waals surface area (Å²) in [6.45, 7) is 4.84. The van der Waals surface area contributed by atoms with Crippen LogP contribution in [0.5, 0.6) is 0 Å². The normalized spacial score (nSPS) is 23.9. The summed E-state index contributed by atoms with van der Waals surface area (Å²) in [4.78, 5) is 29.3. The van der Waals surface area contributed by atoms with Crippen molar-refractivity contribution in [2.75, 3.05) is 19.6 Å². The van der Waals surface area contributed by atoms with Crippen LogP contribution in [0, 0.1) is 5.92 Å². The average Bonchev–Trinajstić information content (AvgIpc) is 3.13. The van der Waals surface area contributed by atoms with Crippen molar-refractivity contribution in [1.82, 2.24) is 9.80 Å². The minimum atomic E-state index is -0.252. The Morgan fingerprint density at radius 3 is 2.95 bits per heavy atom. The number of nitrogens with zero attached hydrogens (tertiary/aromatic N) is 2. The second-order valence-corrected chi connectivity index (χ2v) is 6.94. The van der Waals surface area contributed by atoms with Crippen LogP contribution < -0.4 is 5.73 Å². The van der Waals surface area contributed by atoms with Crippen LogP contribution in [0.1, 0.15) is 23.8 Å². The standard InChI is InChI=1S/C15H21N3O2S/c1-10(17-5-2-12(9-17)14(16)19)15(20)18-6-3-13-11(8-18)4-7-21-13/h4,7,10,12H,2-3,5-6,8-9H2,1H3,(H2,16,19)/t10-,12-/m0/s1. The van der Waals surface area contributed by atoms with E-state index in [1.54, 1.807) is 11.3 Å². The molecule has 0 bridgehead atoms. The molecular weight excluding hydrogens is 286 g/mol. The van der Waals surface area contributed by atoms with Crippen LogP contribution in [0.2, 0.25) is 0 Å². The second-order valence-electron chi connectivity index (χ2n) is 5.94. The SMILES string of the molecule is C[C@@H](C(=O)N1CCc2sccc2C1)N1CC[C@H](C(N)=O)C1. The first-order valence-corrected chi connectivity index (χ1v) is 8.31. The van der Waals surface area contributed by atoms with Crippen LogP contribution in [-0.4, -0.2) is 47.3 Å². The molecule has 2 atom stereocenters. The summed E-state index contributed by atoms with van der Waals surface area (Å²) in [6, 6.07) is 1.94. The molecule has 0 aliphatic carbocycles. The second kappa shape index (κ2) is 5.77. The van der Waals surface area contributed by atoms with Crippen molar-refractivity contribution in [1.29, 1.82) is 0 Å². The van der Waals surface area contributed by atoms with Gasteiger partial charge < -0.3 is 10.6 Å². The van der Waals surface area contributed by atoms with Crippen LogP contribution in [0.25, 0.3) is 0 Å². The van der Waals surface area contributed by atoms with E-state index in [0.29, 0.717) is 6.54 Å². The molecule has 0 spiro atoms. The van der Waals surface area contributed by atoms with E-state index in [1.807, 2.05) is 11.8 Å². The number of carbonyl (C=O) groups excluding carboxylic acids is 2. The quantitative estimate of drug-likeness (QED) is 0.899. The van der Waals surface area contributed by atoms with Crippen molar-refractivity contribution < 1.29 is 9.59 Å². The van der Waals surface area contributed by atoms with Gasteiger partial charge in [-0.3, -0.25) is 14.5 Å². The molecule has 0 saturated carbocycles. The molecule has 2 N–H and O–H groups in total. The molecular formula is C15H21N3O2S. The maximum absolute atomic E-state index is 12.7. The number of amides is 2. The number of hydrogen-bond acceptors (Lipinski definition) is 4. The maximum Gasteiger partial charge on any atom is 0.239 e. The number of nitrogens with two attached hydrogens (primary N) is 1. The Kier molecular flexibility index (Phi) is 3.99. The van der Waals surface area contributed by atoms with Crippen molar-refractivity contribution in [2.45, 2.75) is 32.4 Å². The highest BCUT2D eigenvalue weighted by Gasteiger charge is 2.34. The largest absolute Gasteiger partial charge is 0.369 e. The number of fused-ring (bicyclic) bond motifs is 1. The Labute approximate surface area is 128 Å². The number of primary amides is 1. The molecule has 114 valence electrons. The van der Waals surface area contributed by atoms with Crippen LogP contribution in [0.15, 0.2) is 11.4 Å². The summed E-state index contributed by atoms with van der Waals surface area (Å²) in [7, 11) is 0. The molecule has 1 fully saturated rings. The number of rotatable bonds is 3. The molecule has 3 rings (SSSR count). The number of likely N-dealkylation sites (tertiary alicyclic amines) is 1. The summed E-state index contributed by atoms with van der Waals surface area (Å²) in [5, 5.41) is 2.10. The third-order valence-corrected chi connectivity index (χ3v) is 5.67. The smallest absolute Gasteiger partial charge is 0.239 e. The predicted octanol–water partition coefficient (Wildman–Crippen LogP) is 0.828. The summed E-state index contributed by atoms with van der Waals surface area (Å²) < 4.78 is 0. The highest BCUT2D eigenvalue weighted by Crippen LogP contribution is 2.26. The lowest BCUT2D eigenvalue weighted by Gasteiger charge is -2.32. The topological polar surface area (TPSA) is 66.6 Å². The Morgan fingerprint density at radius 1 is 1.43 bits per heavy atom. The minimum Gasteiger partial charge on any atom is -0.369 e. The molecule has 2 amide bonds. The molecule has 3 heterocycles. The monoisotopic (exact) mass is 307 g/mol. The van der Waals surface area contributed by atoms with Crippen LogP contribution in [-0.2, 0) is 22.6 Å². The van der Waals surface area contributed by atoms with Gasteiger partial charge in [-0.2, -0.15) is 0 Å². The lowest BCUT2D eigenvalue weighted by Crippen LogP contribution is -2.48. The van der Waals surface area contributed by atoms with E-state index in [2.05, 4.69) is 16.3 Å². The minimum absolute atomic E-state index is 0.106. The number of carbonyl (C=O) groups is 2. The van der Waals surface area contributed by atoms with E-state index in [4.69, 9.17) is 5.73 Å². The molecule has 1 saturated heterocycles. The zero-order valence-corrected chi connectivity index (χ0v) is 13.1. The Hall–Kier alpha value is -1.40. The van der Waals surface area contributed by atoms with Gasteiger partial charge in [-0.05, 0) is 43.3 Å². The van der Waals surface area contributed by atoms with Crippen molar-refractivity contribution in [2.24, 2.45) is 11.7 Å². The third kappa shape index (κ3) is 2.82. The summed E-state index contributed by atoms with van der Waals surface area (Å²) in [5.41, 5.74) is 6.64. The lowest BCUT2D eigenvalue weighted by atomic mass is 10.1. The van der Waals surface area contributed by atoms with E-state index >= 15 is 0 Å². The molecule has 21 heavy (non-hydrogen) atoms. The maximum atomic E-state index is 12.7. The molecule has 1 aromatic heterocycles. The van der Waals surface area contributed by atoms with Gasteiger partial charge in [0.25, 0.3) is 0 Å². The fourth-order valence-electron chi connectivity index (χ4n) is 3.23. The van der Waals surface area contributed by atoms with Crippen molar-refractivity contribution in [3.63, 3.8) is 0 Å². The predicted molar refractivity (Wildman–Crippen MR) is 81.8 cm³/mol. The Morgan fingerprint density at radius 2 is 2.24 bits per heavy atom. The van der Waals surface area contributed by atoms with E-state index < -0.39 is 0 Å². The van der Waals surface area contributed by atoms with Gasteiger partial charge in [0.2, 0.25) is 11.8 Å². The fourth-order valence-corrected chi connectivity index (χ4v) is 4.12. The van der Waals surface area contributed by atoms with Crippen molar-refractivity contribution >= 4 is 23.2 Å². The summed E-state index contributed by atoms with van der Waals surface area (Å²) in [6.07, 6.45) is 1.72. The van der Waals surface area contributed by atoms with Gasteiger partial charge >= 0.3 is 0 Å². The highest BCUT2D eigenvalue weighted by molar-refractivity contribution is 7.10. The van der Waals surface area contributed by atoms with Crippen molar-refractivity contribution in [3.8, 4) is 0 Å². The summed E-state index contributed by atoms with van der Waals surface area (Å²) in [5.74, 6) is -0.194. The molecule has 2 aliphatic heterocycles. The average molecular weight is 307 g/mol. The van der Waals surface area contributed by atoms with Gasteiger partial charge in [-0.15, -0.1) is 11.3 Å². The molecule has 5 nitrogen and oxygen atoms in total. The first-order chi connectivity index (χ1) is 10.1.